The molecule has 7 heteroatoms. The number of halogens is 2. The van der Waals surface area contributed by atoms with Crippen LogP contribution in [-0.2, 0) is 9.59 Å². The van der Waals surface area contributed by atoms with E-state index in [0.29, 0.717) is 23.3 Å². The van der Waals surface area contributed by atoms with Crippen molar-refractivity contribution in [2.75, 3.05) is 19.3 Å². The molecule has 1 N–H and O–H groups in total. The van der Waals surface area contributed by atoms with Gasteiger partial charge in [-0.05, 0) is 34.9 Å². The van der Waals surface area contributed by atoms with Gasteiger partial charge in [-0.3, -0.25) is 9.59 Å². The first kappa shape index (κ1) is 22.4. The van der Waals surface area contributed by atoms with Crippen LogP contribution < -0.4 is 0 Å². The van der Waals surface area contributed by atoms with Gasteiger partial charge in [0.05, 0.1) is 13.0 Å². The fourth-order valence-corrected chi connectivity index (χ4v) is 2.73. The third-order valence-electron chi connectivity index (χ3n) is 3.59. The number of benzene rings is 1. The summed E-state index contributed by atoms with van der Waals surface area (Å²) in [7, 11) is 0. The number of thioether (sulfide) groups is 1. The van der Waals surface area contributed by atoms with Gasteiger partial charge in [0.15, 0.2) is 11.6 Å². The van der Waals surface area contributed by atoms with E-state index in [2.05, 4.69) is 13.2 Å². The maximum absolute atomic E-state index is 13.4. The summed E-state index contributed by atoms with van der Waals surface area (Å²) < 4.78 is 26.4. The minimum atomic E-state index is -0.941. The zero-order chi connectivity index (χ0) is 20.4. The molecule has 0 unspecified atom stereocenters. The molecule has 1 aromatic carbocycles. The number of amides is 1. The summed E-state index contributed by atoms with van der Waals surface area (Å²) >= 11 is 1.42. The Morgan fingerprint density at radius 2 is 2.04 bits per heavy atom. The Bertz CT molecular complexity index is 787. The van der Waals surface area contributed by atoms with Crippen LogP contribution in [0, 0.1) is 11.6 Å². The molecular weight excluding hydrogens is 372 g/mol. The third-order valence-corrected chi connectivity index (χ3v) is 4.08. The Hall–Kier alpha value is -2.67. The Balaban J connectivity index is 0.00000176. The number of carbonyl (C=O) groups is 2. The quantitative estimate of drug-likeness (QED) is 0.325. The fraction of sp³-hybridized carbons (Fsp3) is 0.200. The van der Waals surface area contributed by atoms with Crippen molar-refractivity contribution in [3.8, 4) is 0 Å². The predicted molar refractivity (Wildman–Crippen MR) is 105 cm³/mol. The van der Waals surface area contributed by atoms with Crippen LogP contribution in [0.25, 0.3) is 5.57 Å². The number of carboxylic acid groups (broad SMARTS) is 1. The number of nitrogens with zero attached hydrogens (tertiary/aromatic N) is 1. The zero-order valence-corrected chi connectivity index (χ0v) is 15.8. The van der Waals surface area contributed by atoms with E-state index in [0.717, 1.165) is 12.1 Å². The number of carboxylic acids is 1. The monoisotopic (exact) mass is 393 g/mol. The Labute approximate surface area is 161 Å². The lowest BCUT2D eigenvalue weighted by molar-refractivity contribution is -0.139. The van der Waals surface area contributed by atoms with Crippen molar-refractivity contribution in [1.82, 2.24) is 4.90 Å². The SMILES string of the molecule is C=C.CS\C=C(/C=C/C=C1\CN(CCC(=O)O)C1=O)c1ccc(F)c(F)c1. The second-order valence-corrected chi connectivity index (χ2v) is 6.07. The van der Waals surface area contributed by atoms with Crippen molar-refractivity contribution in [2.24, 2.45) is 0 Å². The van der Waals surface area contributed by atoms with Crippen LogP contribution in [-0.4, -0.2) is 41.2 Å². The van der Waals surface area contributed by atoms with E-state index < -0.39 is 17.6 Å². The number of aliphatic carboxylic acids is 1. The van der Waals surface area contributed by atoms with E-state index in [9.17, 15) is 18.4 Å². The highest BCUT2D eigenvalue weighted by Gasteiger charge is 2.29. The Morgan fingerprint density at radius 3 is 2.59 bits per heavy atom. The molecule has 1 fully saturated rings. The average Bonchev–Trinajstić information content (AvgIpc) is 2.65. The van der Waals surface area contributed by atoms with E-state index in [-0.39, 0.29) is 18.9 Å². The second-order valence-electron chi connectivity index (χ2n) is 5.36. The number of β-lactam (4-membered cyclic amide) rings is 1. The molecule has 0 atom stereocenters. The lowest BCUT2D eigenvalue weighted by Gasteiger charge is -2.32. The van der Waals surface area contributed by atoms with Crippen LogP contribution in [0.3, 0.4) is 0 Å². The largest absolute Gasteiger partial charge is 0.481 e. The van der Waals surface area contributed by atoms with Crippen molar-refractivity contribution in [3.05, 3.63) is 77.8 Å². The van der Waals surface area contributed by atoms with Crippen molar-refractivity contribution in [1.29, 1.82) is 0 Å². The summed E-state index contributed by atoms with van der Waals surface area (Å²) in [6, 6.07) is 3.68. The summed E-state index contributed by atoms with van der Waals surface area (Å²) in [5.74, 6) is -2.95. The zero-order valence-electron chi connectivity index (χ0n) is 15.0. The van der Waals surface area contributed by atoms with Crippen LogP contribution in [0.2, 0.25) is 0 Å². The van der Waals surface area contributed by atoms with Gasteiger partial charge in [0.2, 0.25) is 0 Å². The van der Waals surface area contributed by atoms with Crippen LogP contribution >= 0.6 is 11.8 Å². The molecule has 1 heterocycles. The third kappa shape index (κ3) is 6.53. The molecule has 0 radical (unpaired) electrons. The topological polar surface area (TPSA) is 57.6 Å². The van der Waals surface area contributed by atoms with E-state index in [1.807, 2.05) is 6.26 Å². The van der Waals surface area contributed by atoms with Gasteiger partial charge in [-0.2, -0.15) is 0 Å². The molecule has 4 nitrogen and oxygen atoms in total. The molecule has 0 aromatic heterocycles. The summed E-state index contributed by atoms with van der Waals surface area (Å²) in [5.41, 5.74) is 1.80. The van der Waals surface area contributed by atoms with Crippen molar-refractivity contribution in [3.63, 3.8) is 0 Å². The van der Waals surface area contributed by atoms with Gasteiger partial charge in [-0.15, -0.1) is 24.9 Å². The summed E-state index contributed by atoms with van der Waals surface area (Å²) in [4.78, 5) is 23.8. The summed E-state index contributed by atoms with van der Waals surface area (Å²) in [6.45, 7) is 6.60. The molecule has 1 aliphatic heterocycles. The molecule has 1 amide bonds. The van der Waals surface area contributed by atoms with E-state index in [1.165, 1.54) is 22.7 Å². The molecule has 2 rings (SSSR count). The average molecular weight is 393 g/mol. The van der Waals surface area contributed by atoms with Crippen LogP contribution in [0.5, 0.6) is 0 Å². The highest BCUT2D eigenvalue weighted by molar-refractivity contribution is 8.01. The predicted octanol–water partition coefficient (Wildman–Crippen LogP) is 4.27. The van der Waals surface area contributed by atoms with Crippen LogP contribution in [0.15, 0.2) is 60.6 Å². The smallest absolute Gasteiger partial charge is 0.305 e. The number of rotatable bonds is 7. The van der Waals surface area contributed by atoms with Gasteiger partial charge < -0.3 is 10.0 Å². The Kier molecular flexibility index (Phi) is 9.22. The molecular formula is C20H21F2NO3S. The highest BCUT2D eigenvalue weighted by atomic mass is 32.2. The summed E-state index contributed by atoms with van der Waals surface area (Å²) in [5, 5.41) is 10.4. The first-order chi connectivity index (χ1) is 12.9. The maximum atomic E-state index is 13.4. The molecule has 0 aliphatic carbocycles. The van der Waals surface area contributed by atoms with E-state index in [1.54, 1.807) is 23.6 Å². The molecule has 1 aliphatic rings. The van der Waals surface area contributed by atoms with Crippen molar-refractivity contribution < 1.29 is 23.5 Å². The second kappa shape index (κ2) is 11.1. The van der Waals surface area contributed by atoms with Crippen molar-refractivity contribution >= 4 is 29.2 Å². The van der Waals surface area contributed by atoms with Gasteiger partial charge in [0, 0.05) is 12.1 Å². The maximum Gasteiger partial charge on any atom is 0.305 e. The normalized spacial score (nSPS) is 15.5. The highest BCUT2D eigenvalue weighted by Crippen LogP contribution is 2.22. The number of hydrogen-bond acceptors (Lipinski definition) is 3. The molecule has 144 valence electrons. The van der Waals surface area contributed by atoms with Gasteiger partial charge in [0.1, 0.15) is 0 Å². The molecule has 0 spiro atoms. The fourth-order valence-electron chi connectivity index (χ4n) is 2.27. The van der Waals surface area contributed by atoms with E-state index in [4.69, 9.17) is 5.11 Å². The van der Waals surface area contributed by atoms with Gasteiger partial charge >= 0.3 is 5.97 Å². The standard InChI is InChI=1S/C18H17F2NO3S.C2H4/c1-25-11-14(12-5-6-15(19)16(20)9-12)4-2-3-13-10-21(18(13)24)8-7-17(22)23;1-2/h2-6,9,11H,7-8,10H2,1H3,(H,22,23);1-2H2/b4-2+,13-3+,14-11+;. The molecule has 27 heavy (non-hydrogen) atoms. The molecule has 0 bridgehead atoms. The molecule has 0 saturated carbocycles. The molecule has 1 saturated heterocycles. The lowest BCUT2D eigenvalue weighted by atomic mass is 10.0. The minimum Gasteiger partial charge on any atom is -0.481 e. The number of allylic oxidation sites excluding steroid dienone is 4. The number of hydrogen-bond donors (Lipinski definition) is 1. The van der Waals surface area contributed by atoms with Gasteiger partial charge in [0.25, 0.3) is 5.91 Å². The van der Waals surface area contributed by atoms with Crippen LogP contribution in [0.4, 0.5) is 8.78 Å². The van der Waals surface area contributed by atoms with Crippen molar-refractivity contribution in [2.45, 2.75) is 6.42 Å². The molecule has 1 aromatic rings. The lowest BCUT2D eigenvalue weighted by Crippen LogP contribution is -2.46. The van der Waals surface area contributed by atoms with Crippen LogP contribution in [0.1, 0.15) is 12.0 Å². The van der Waals surface area contributed by atoms with E-state index >= 15 is 0 Å². The number of likely N-dealkylation sites (tertiary alicyclic amines) is 1. The summed E-state index contributed by atoms with van der Waals surface area (Å²) in [6.07, 6.45) is 6.80. The van der Waals surface area contributed by atoms with Gasteiger partial charge in [-0.1, -0.05) is 24.3 Å². The number of carbonyl (C=O) groups excluding carboxylic acids is 1. The van der Waals surface area contributed by atoms with Gasteiger partial charge in [-0.25, -0.2) is 8.78 Å². The first-order valence-electron chi connectivity index (χ1n) is 7.99. The first-order valence-corrected chi connectivity index (χ1v) is 9.28. The Morgan fingerprint density at radius 1 is 1.33 bits per heavy atom. The minimum absolute atomic E-state index is 0.0778.